The second-order valence-electron chi connectivity index (χ2n) is 8.75. The number of nitrogens with zero attached hydrogens (tertiary/aromatic N) is 2. The molecule has 1 aromatic carbocycles. The fraction of sp³-hybridized carbons (Fsp3) is 0.682. The molecule has 2 fully saturated rings. The summed E-state index contributed by atoms with van der Waals surface area (Å²) in [5, 5.41) is 0. The molecular formula is C22H31F3N2O. The molecule has 3 rings (SSSR count). The molecule has 0 spiro atoms. The number of halogens is 3. The molecule has 2 saturated heterocycles. The summed E-state index contributed by atoms with van der Waals surface area (Å²) in [7, 11) is 0. The first-order chi connectivity index (χ1) is 13.2. The van der Waals surface area contributed by atoms with Crippen molar-refractivity contribution in [1.82, 2.24) is 9.80 Å². The third-order valence-corrected chi connectivity index (χ3v) is 5.96. The van der Waals surface area contributed by atoms with Gasteiger partial charge >= 0.3 is 6.18 Å². The van der Waals surface area contributed by atoms with Crippen molar-refractivity contribution in [3.8, 4) is 0 Å². The number of benzene rings is 1. The largest absolute Gasteiger partial charge is 0.416 e. The van der Waals surface area contributed by atoms with E-state index in [0.29, 0.717) is 25.1 Å². The van der Waals surface area contributed by atoms with Gasteiger partial charge in [-0.3, -0.25) is 4.79 Å². The summed E-state index contributed by atoms with van der Waals surface area (Å²) in [6.45, 7) is 8.14. The Balaban J connectivity index is 1.81. The molecule has 2 heterocycles. The topological polar surface area (TPSA) is 23.6 Å². The van der Waals surface area contributed by atoms with E-state index in [1.165, 1.54) is 31.4 Å². The maximum absolute atomic E-state index is 13.2. The zero-order chi connectivity index (χ0) is 20.3. The van der Waals surface area contributed by atoms with Crippen molar-refractivity contribution in [2.75, 3.05) is 32.7 Å². The molecule has 2 aliphatic heterocycles. The smallest absolute Gasteiger partial charge is 0.342 e. The van der Waals surface area contributed by atoms with E-state index in [2.05, 4.69) is 4.90 Å². The van der Waals surface area contributed by atoms with Crippen LogP contribution in [0.5, 0.6) is 0 Å². The average Bonchev–Trinajstić information content (AvgIpc) is 3.05. The highest BCUT2D eigenvalue weighted by atomic mass is 19.4. The summed E-state index contributed by atoms with van der Waals surface area (Å²) in [6.07, 6.45) is -0.249. The first-order valence-electron chi connectivity index (χ1n) is 10.4. The van der Waals surface area contributed by atoms with Crippen LogP contribution in [-0.4, -0.2) is 48.4 Å². The van der Waals surface area contributed by atoms with Gasteiger partial charge in [-0.2, -0.15) is 13.2 Å². The normalized spacial score (nSPS) is 24.1. The Hall–Kier alpha value is -1.56. The van der Waals surface area contributed by atoms with Gasteiger partial charge in [0.05, 0.1) is 5.56 Å². The predicted octanol–water partition coefficient (Wildman–Crippen LogP) is 4.78. The van der Waals surface area contributed by atoms with Crippen LogP contribution in [0.1, 0.15) is 56.6 Å². The van der Waals surface area contributed by atoms with Crippen molar-refractivity contribution in [3.63, 3.8) is 0 Å². The Morgan fingerprint density at radius 1 is 1.14 bits per heavy atom. The highest BCUT2D eigenvalue weighted by Crippen LogP contribution is 2.37. The second-order valence-corrected chi connectivity index (χ2v) is 8.75. The maximum atomic E-state index is 13.2. The summed E-state index contributed by atoms with van der Waals surface area (Å²) < 4.78 is 39.6. The standard InChI is InChI=1S/C22H31F3N2O/c1-16(2)11-21(28)27-14-18(13-26-9-4-3-5-10-26)20(15-27)17-7-6-8-19(12-17)22(23,24)25/h6-8,12,16,18,20H,3-5,9-11,13-15H2,1-2H3. The van der Waals surface area contributed by atoms with E-state index in [4.69, 9.17) is 0 Å². The van der Waals surface area contributed by atoms with Crippen molar-refractivity contribution in [2.24, 2.45) is 11.8 Å². The van der Waals surface area contributed by atoms with E-state index in [-0.39, 0.29) is 23.7 Å². The lowest BCUT2D eigenvalue weighted by Crippen LogP contribution is -2.37. The minimum Gasteiger partial charge on any atom is -0.342 e. The molecule has 0 N–H and O–H groups in total. The quantitative estimate of drug-likeness (QED) is 0.715. The lowest BCUT2D eigenvalue weighted by molar-refractivity contribution is -0.137. The summed E-state index contributed by atoms with van der Waals surface area (Å²) in [5.41, 5.74) is 0.102. The van der Waals surface area contributed by atoms with Crippen LogP contribution < -0.4 is 0 Å². The molecule has 2 atom stereocenters. The van der Waals surface area contributed by atoms with Gasteiger partial charge in [-0.05, 0) is 49.4 Å². The van der Waals surface area contributed by atoms with Gasteiger partial charge in [0.25, 0.3) is 0 Å². The van der Waals surface area contributed by atoms with Gasteiger partial charge in [0.1, 0.15) is 0 Å². The van der Waals surface area contributed by atoms with Crippen LogP contribution in [0.15, 0.2) is 24.3 Å². The minimum atomic E-state index is -4.34. The average molecular weight is 396 g/mol. The Labute approximate surface area is 165 Å². The first-order valence-corrected chi connectivity index (χ1v) is 10.4. The second kappa shape index (κ2) is 8.85. The number of carbonyl (C=O) groups excluding carboxylic acids is 1. The number of amides is 1. The number of hydrogen-bond donors (Lipinski definition) is 0. The number of likely N-dealkylation sites (tertiary alicyclic amines) is 2. The van der Waals surface area contributed by atoms with Gasteiger partial charge in [0.15, 0.2) is 0 Å². The van der Waals surface area contributed by atoms with E-state index >= 15 is 0 Å². The fourth-order valence-electron chi connectivity index (χ4n) is 4.54. The molecule has 0 saturated carbocycles. The first kappa shape index (κ1) is 21.2. The molecule has 156 valence electrons. The van der Waals surface area contributed by atoms with Gasteiger partial charge in [-0.1, -0.05) is 38.5 Å². The van der Waals surface area contributed by atoms with Gasteiger partial charge < -0.3 is 9.80 Å². The number of carbonyl (C=O) groups is 1. The third kappa shape index (κ3) is 5.28. The fourth-order valence-corrected chi connectivity index (χ4v) is 4.54. The van der Waals surface area contributed by atoms with Crippen molar-refractivity contribution in [3.05, 3.63) is 35.4 Å². The zero-order valence-corrected chi connectivity index (χ0v) is 16.8. The molecular weight excluding hydrogens is 365 g/mol. The predicted molar refractivity (Wildman–Crippen MR) is 104 cm³/mol. The van der Waals surface area contributed by atoms with Gasteiger partial charge in [-0.25, -0.2) is 0 Å². The maximum Gasteiger partial charge on any atom is 0.416 e. The molecule has 6 heteroatoms. The minimum absolute atomic E-state index is 0.0414. The summed E-state index contributed by atoms with van der Waals surface area (Å²) in [6, 6.07) is 5.69. The van der Waals surface area contributed by atoms with Crippen molar-refractivity contribution in [1.29, 1.82) is 0 Å². The molecule has 0 radical (unpaired) electrons. The Kier molecular flexibility index (Phi) is 6.69. The van der Waals surface area contributed by atoms with Crippen LogP contribution in [0.25, 0.3) is 0 Å². The number of alkyl halides is 3. The van der Waals surface area contributed by atoms with Crippen LogP contribution in [-0.2, 0) is 11.0 Å². The highest BCUT2D eigenvalue weighted by Gasteiger charge is 2.38. The van der Waals surface area contributed by atoms with E-state index in [9.17, 15) is 18.0 Å². The van der Waals surface area contributed by atoms with Crippen molar-refractivity contribution >= 4 is 5.91 Å². The van der Waals surface area contributed by atoms with Crippen molar-refractivity contribution in [2.45, 2.75) is 51.6 Å². The Morgan fingerprint density at radius 2 is 1.86 bits per heavy atom. The van der Waals surface area contributed by atoms with Crippen LogP contribution in [0.3, 0.4) is 0 Å². The van der Waals surface area contributed by atoms with Gasteiger partial charge in [-0.15, -0.1) is 0 Å². The van der Waals surface area contributed by atoms with E-state index < -0.39 is 11.7 Å². The van der Waals surface area contributed by atoms with Gasteiger partial charge in [0.2, 0.25) is 5.91 Å². The molecule has 3 nitrogen and oxygen atoms in total. The van der Waals surface area contributed by atoms with Crippen LogP contribution in [0, 0.1) is 11.8 Å². The number of piperidine rings is 1. The van der Waals surface area contributed by atoms with E-state index in [0.717, 1.165) is 25.7 Å². The summed E-state index contributed by atoms with van der Waals surface area (Å²) >= 11 is 0. The highest BCUT2D eigenvalue weighted by molar-refractivity contribution is 5.76. The van der Waals surface area contributed by atoms with E-state index in [1.807, 2.05) is 18.7 Å². The van der Waals surface area contributed by atoms with Crippen LogP contribution in [0.4, 0.5) is 13.2 Å². The summed E-state index contributed by atoms with van der Waals surface area (Å²) in [4.78, 5) is 16.9. The molecule has 2 aliphatic rings. The number of hydrogen-bond acceptors (Lipinski definition) is 2. The lowest BCUT2D eigenvalue weighted by atomic mass is 9.87. The SMILES string of the molecule is CC(C)CC(=O)N1CC(CN2CCCCC2)C(c2cccc(C(F)(F)F)c2)C1. The molecule has 0 bridgehead atoms. The lowest BCUT2D eigenvalue weighted by Gasteiger charge is -2.31. The molecule has 1 amide bonds. The van der Waals surface area contributed by atoms with Crippen LogP contribution in [0.2, 0.25) is 0 Å². The van der Waals surface area contributed by atoms with Crippen LogP contribution >= 0.6 is 0 Å². The Morgan fingerprint density at radius 3 is 2.50 bits per heavy atom. The summed E-state index contributed by atoms with van der Waals surface area (Å²) in [5.74, 6) is 0.534. The number of rotatable bonds is 5. The van der Waals surface area contributed by atoms with Crippen molar-refractivity contribution < 1.29 is 18.0 Å². The molecule has 28 heavy (non-hydrogen) atoms. The zero-order valence-electron chi connectivity index (χ0n) is 16.8. The van der Waals surface area contributed by atoms with E-state index in [1.54, 1.807) is 6.07 Å². The Bertz CT molecular complexity index is 668. The molecule has 0 aliphatic carbocycles. The monoisotopic (exact) mass is 396 g/mol. The molecule has 1 aromatic rings. The van der Waals surface area contributed by atoms with Gasteiger partial charge in [0, 0.05) is 32.0 Å². The molecule has 0 aromatic heterocycles. The molecule has 2 unspecified atom stereocenters. The third-order valence-electron chi connectivity index (χ3n) is 5.96.